The van der Waals surface area contributed by atoms with Gasteiger partial charge in [0, 0.05) is 50.7 Å². The molecule has 156 valence electrons. The van der Waals surface area contributed by atoms with Crippen LogP contribution in [0.25, 0.3) is 10.6 Å². The molecule has 31 heavy (non-hydrogen) atoms. The van der Waals surface area contributed by atoms with E-state index in [9.17, 15) is 4.79 Å². The van der Waals surface area contributed by atoms with Gasteiger partial charge in [0.2, 0.25) is 0 Å². The lowest BCUT2D eigenvalue weighted by Gasteiger charge is -2.35. The molecule has 1 aliphatic rings. The quantitative estimate of drug-likeness (QED) is 0.485. The number of carbonyl (C=O) groups is 1. The molecule has 1 aliphatic heterocycles. The smallest absolute Gasteiger partial charge is 0.253 e. The fourth-order valence-corrected chi connectivity index (χ4v) is 4.41. The lowest BCUT2D eigenvalue weighted by Crippen LogP contribution is -2.49. The lowest BCUT2D eigenvalue weighted by molar-refractivity contribution is 0.0746. The van der Waals surface area contributed by atoms with Crippen LogP contribution in [0.2, 0.25) is 0 Å². The Kier molecular flexibility index (Phi) is 5.45. The van der Waals surface area contributed by atoms with Gasteiger partial charge in [-0.25, -0.2) is 4.98 Å². The maximum atomic E-state index is 12.9. The van der Waals surface area contributed by atoms with Crippen LogP contribution in [-0.2, 0) is 6.54 Å². The number of amides is 1. The van der Waals surface area contributed by atoms with Gasteiger partial charge in [0.15, 0.2) is 5.82 Å². The maximum absolute atomic E-state index is 12.9. The van der Waals surface area contributed by atoms with Crippen LogP contribution in [0.15, 0.2) is 72.6 Å². The number of rotatable bonds is 5. The molecule has 1 fully saturated rings. The van der Waals surface area contributed by atoms with Crippen LogP contribution in [0.5, 0.6) is 0 Å². The highest BCUT2D eigenvalue weighted by Crippen LogP contribution is 2.23. The van der Waals surface area contributed by atoms with Crippen LogP contribution in [0.1, 0.15) is 15.9 Å². The summed E-state index contributed by atoms with van der Waals surface area (Å²) in [6.07, 6.45) is 5.48. The first kappa shape index (κ1) is 19.4. The van der Waals surface area contributed by atoms with E-state index in [2.05, 4.69) is 20.1 Å². The SMILES string of the molecule is O=C(c1ccc(Cn2ccnc2)cc1)N1CCN(c2ccc(-c3cccs3)nn2)CC1. The Balaban J connectivity index is 1.18. The molecule has 4 heterocycles. The number of piperazine rings is 1. The minimum Gasteiger partial charge on any atom is -0.352 e. The number of carbonyl (C=O) groups excluding carboxylic acids is 1. The Labute approximate surface area is 184 Å². The van der Waals surface area contributed by atoms with Crippen molar-refractivity contribution in [1.29, 1.82) is 0 Å². The molecular formula is C23H22N6OS. The van der Waals surface area contributed by atoms with Crippen molar-refractivity contribution in [2.45, 2.75) is 6.54 Å². The first-order chi connectivity index (χ1) is 15.3. The summed E-state index contributed by atoms with van der Waals surface area (Å²) < 4.78 is 2.01. The highest BCUT2D eigenvalue weighted by Gasteiger charge is 2.23. The van der Waals surface area contributed by atoms with Crippen molar-refractivity contribution in [2.75, 3.05) is 31.1 Å². The zero-order valence-corrected chi connectivity index (χ0v) is 17.8. The molecule has 0 saturated carbocycles. The molecule has 0 unspecified atom stereocenters. The largest absolute Gasteiger partial charge is 0.352 e. The topological polar surface area (TPSA) is 67.2 Å². The second-order valence-corrected chi connectivity index (χ2v) is 8.41. The summed E-state index contributed by atoms with van der Waals surface area (Å²) >= 11 is 1.66. The molecule has 0 spiro atoms. The molecule has 1 saturated heterocycles. The molecule has 0 bridgehead atoms. The van der Waals surface area contributed by atoms with E-state index >= 15 is 0 Å². The predicted molar refractivity (Wildman–Crippen MR) is 121 cm³/mol. The summed E-state index contributed by atoms with van der Waals surface area (Å²) in [6.45, 7) is 3.59. The third-order valence-corrected chi connectivity index (χ3v) is 6.33. The highest BCUT2D eigenvalue weighted by molar-refractivity contribution is 7.13. The molecular weight excluding hydrogens is 408 g/mol. The highest BCUT2D eigenvalue weighted by atomic mass is 32.1. The third kappa shape index (κ3) is 4.34. The fraction of sp³-hybridized carbons (Fsp3) is 0.217. The van der Waals surface area contributed by atoms with Gasteiger partial charge in [-0.1, -0.05) is 18.2 Å². The molecule has 0 atom stereocenters. The lowest BCUT2D eigenvalue weighted by atomic mass is 10.1. The number of imidazole rings is 1. The van der Waals surface area contributed by atoms with Gasteiger partial charge in [-0.2, -0.15) is 0 Å². The van der Waals surface area contributed by atoms with E-state index in [0.29, 0.717) is 13.1 Å². The number of thiophene rings is 1. The van der Waals surface area contributed by atoms with Gasteiger partial charge in [0.05, 0.1) is 11.2 Å². The van der Waals surface area contributed by atoms with Crippen molar-refractivity contribution >= 4 is 23.1 Å². The second kappa shape index (κ2) is 8.69. The summed E-state index contributed by atoms with van der Waals surface area (Å²) in [5, 5.41) is 10.8. The molecule has 5 rings (SSSR count). The van der Waals surface area contributed by atoms with Gasteiger partial charge in [-0.15, -0.1) is 21.5 Å². The van der Waals surface area contributed by atoms with Crippen molar-refractivity contribution < 1.29 is 4.79 Å². The summed E-state index contributed by atoms with van der Waals surface area (Å²) in [5.74, 6) is 0.934. The first-order valence-electron chi connectivity index (χ1n) is 10.2. The number of aromatic nitrogens is 4. The van der Waals surface area contributed by atoms with Crippen molar-refractivity contribution in [3.63, 3.8) is 0 Å². The van der Waals surface area contributed by atoms with E-state index in [0.717, 1.165) is 47.2 Å². The van der Waals surface area contributed by atoms with E-state index in [1.165, 1.54) is 0 Å². The van der Waals surface area contributed by atoms with Gasteiger partial charge in [0.25, 0.3) is 5.91 Å². The van der Waals surface area contributed by atoms with Crippen molar-refractivity contribution in [2.24, 2.45) is 0 Å². The van der Waals surface area contributed by atoms with Crippen molar-refractivity contribution in [1.82, 2.24) is 24.6 Å². The Morgan fingerprint density at radius 2 is 1.81 bits per heavy atom. The van der Waals surface area contributed by atoms with Crippen LogP contribution in [0.3, 0.4) is 0 Å². The summed E-state index contributed by atoms with van der Waals surface area (Å²) in [5.41, 5.74) is 2.76. The molecule has 0 N–H and O–H groups in total. The number of hydrogen-bond donors (Lipinski definition) is 0. The monoisotopic (exact) mass is 430 g/mol. The van der Waals surface area contributed by atoms with Crippen LogP contribution < -0.4 is 4.90 Å². The van der Waals surface area contributed by atoms with Crippen molar-refractivity contribution in [3.05, 3.63) is 83.8 Å². The Morgan fingerprint density at radius 3 is 2.45 bits per heavy atom. The van der Waals surface area contributed by atoms with E-state index in [4.69, 9.17) is 0 Å². The molecule has 8 heteroatoms. The van der Waals surface area contributed by atoms with E-state index in [1.807, 2.05) is 69.6 Å². The number of benzene rings is 1. The molecule has 1 amide bonds. The number of nitrogens with zero attached hydrogens (tertiary/aromatic N) is 6. The van der Waals surface area contributed by atoms with Gasteiger partial charge in [-0.3, -0.25) is 4.79 Å². The number of anilines is 1. The van der Waals surface area contributed by atoms with Gasteiger partial charge in [0.1, 0.15) is 5.69 Å². The van der Waals surface area contributed by atoms with Gasteiger partial charge < -0.3 is 14.4 Å². The molecule has 0 radical (unpaired) electrons. The standard InChI is InChI=1S/C23H22N6OS/c30-23(19-5-3-18(4-6-19)16-27-10-9-24-17-27)29-13-11-28(12-14-29)22-8-7-20(25-26-22)21-2-1-15-31-21/h1-10,15,17H,11-14,16H2. The molecule has 1 aromatic carbocycles. The molecule has 0 aliphatic carbocycles. The van der Waals surface area contributed by atoms with Crippen molar-refractivity contribution in [3.8, 4) is 10.6 Å². The van der Waals surface area contributed by atoms with Crippen LogP contribution >= 0.6 is 11.3 Å². The van der Waals surface area contributed by atoms with E-state index in [1.54, 1.807) is 23.9 Å². The third-order valence-electron chi connectivity index (χ3n) is 5.44. The minimum absolute atomic E-state index is 0.0768. The Bertz CT molecular complexity index is 1120. The molecule has 3 aromatic heterocycles. The second-order valence-electron chi connectivity index (χ2n) is 7.47. The minimum atomic E-state index is 0.0768. The van der Waals surface area contributed by atoms with Crippen LogP contribution in [0.4, 0.5) is 5.82 Å². The van der Waals surface area contributed by atoms with Gasteiger partial charge >= 0.3 is 0 Å². The Morgan fingerprint density at radius 1 is 0.968 bits per heavy atom. The van der Waals surface area contributed by atoms with Crippen LogP contribution in [-0.4, -0.2) is 56.7 Å². The average molecular weight is 431 g/mol. The van der Waals surface area contributed by atoms with E-state index < -0.39 is 0 Å². The number of hydrogen-bond acceptors (Lipinski definition) is 6. The fourth-order valence-electron chi connectivity index (χ4n) is 3.71. The molecule has 4 aromatic rings. The van der Waals surface area contributed by atoms with Crippen LogP contribution in [0, 0.1) is 0 Å². The Hall–Kier alpha value is -3.52. The zero-order valence-electron chi connectivity index (χ0n) is 17.0. The summed E-state index contributed by atoms with van der Waals surface area (Å²) in [4.78, 5) is 22.2. The summed E-state index contributed by atoms with van der Waals surface area (Å²) in [6, 6.07) is 15.9. The van der Waals surface area contributed by atoms with E-state index in [-0.39, 0.29) is 5.91 Å². The summed E-state index contributed by atoms with van der Waals surface area (Å²) in [7, 11) is 0. The zero-order chi connectivity index (χ0) is 21.0. The first-order valence-corrected chi connectivity index (χ1v) is 11.1. The predicted octanol–water partition coefficient (Wildman–Crippen LogP) is 3.41. The van der Waals surface area contributed by atoms with Gasteiger partial charge in [-0.05, 0) is 41.3 Å². The normalized spacial score (nSPS) is 14.1. The molecule has 7 nitrogen and oxygen atoms in total. The average Bonchev–Trinajstić information content (AvgIpc) is 3.54. The maximum Gasteiger partial charge on any atom is 0.253 e.